The van der Waals surface area contributed by atoms with Gasteiger partial charge >= 0.3 is 5.97 Å². The number of hydrogen-bond acceptors (Lipinski definition) is 4. The number of carboxylic acids is 1. The van der Waals surface area contributed by atoms with Crippen LogP contribution in [0, 0.1) is 11.8 Å². The zero-order chi connectivity index (χ0) is 23.5. The van der Waals surface area contributed by atoms with E-state index in [2.05, 4.69) is 24.1 Å². The molecule has 0 saturated heterocycles. The molecule has 0 radical (unpaired) electrons. The van der Waals surface area contributed by atoms with Crippen LogP contribution in [0.2, 0.25) is 10.0 Å². The van der Waals surface area contributed by atoms with Crippen molar-refractivity contribution in [3.63, 3.8) is 0 Å². The molecule has 0 saturated carbocycles. The first-order chi connectivity index (χ1) is 15.8. The minimum absolute atomic E-state index is 0.288. The Morgan fingerprint density at radius 2 is 1.94 bits per heavy atom. The lowest BCUT2D eigenvalue weighted by atomic mass is 9.98. The van der Waals surface area contributed by atoms with E-state index in [0.29, 0.717) is 27.5 Å². The van der Waals surface area contributed by atoms with Crippen molar-refractivity contribution >= 4 is 56.5 Å². The van der Waals surface area contributed by atoms with Crippen LogP contribution in [0.3, 0.4) is 0 Å². The molecule has 3 N–H and O–H groups in total. The van der Waals surface area contributed by atoms with Crippen molar-refractivity contribution in [2.75, 3.05) is 11.9 Å². The van der Waals surface area contributed by atoms with Gasteiger partial charge in [-0.25, -0.2) is 4.98 Å². The van der Waals surface area contributed by atoms with Gasteiger partial charge in [-0.2, -0.15) is 0 Å². The molecular formula is C25H25Cl2N3O2S. The molecule has 0 fully saturated rings. The largest absolute Gasteiger partial charge is 0.481 e. The molecule has 0 aliphatic carbocycles. The van der Waals surface area contributed by atoms with E-state index in [1.54, 1.807) is 17.4 Å². The van der Waals surface area contributed by atoms with Crippen molar-refractivity contribution in [1.29, 1.82) is 0 Å². The van der Waals surface area contributed by atoms with E-state index in [1.807, 2.05) is 42.6 Å². The van der Waals surface area contributed by atoms with Gasteiger partial charge in [-0.1, -0.05) is 49.2 Å². The summed E-state index contributed by atoms with van der Waals surface area (Å²) in [6.07, 6.45) is 3.19. The average molecular weight is 502 g/mol. The summed E-state index contributed by atoms with van der Waals surface area (Å²) < 4.78 is 0. The summed E-state index contributed by atoms with van der Waals surface area (Å²) in [7, 11) is 0. The van der Waals surface area contributed by atoms with Crippen molar-refractivity contribution in [3.8, 4) is 11.3 Å². The summed E-state index contributed by atoms with van der Waals surface area (Å²) in [4.78, 5) is 21.0. The molecular weight excluding hydrogens is 477 g/mol. The maximum atomic E-state index is 12.0. The summed E-state index contributed by atoms with van der Waals surface area (Å²) in [6, 6.07) is 13.5. The van der Waals surface area contributed by atoms with Crippen LogP contribution in [0.15, 0.2) is 48.7 Å². The molecule has 5 nitrogen and oxygen atoms in total. The topological polar surface area (TPSA) is 78.0 Å². The van der Waals surface area contributed by atoms with Crippen molar-refractivity contribution in [1.82, 2.24) is 9.97 Å². The van der Waals surface area contributed by atoms with Gasteiger partial charge in [0.2, 0.25) is 0 Å². The highest BCUT2D eigenvalue weighted by Gasteiger charge is 2.21. The van der Waals surface area contributed by atoms with E-state index < -0.39 is 11.9 Å². The van der Waals surface area contributed by atoms with E-state index in [-0.39, 0.29) is 6.54 Å². The fourth-order valence-corrected chi connectivity index (χ4v) is 5.28. The van der Waals surface area contributed by atoms with Crippen LogP contribution in [0.4, 0.5) is 5.13 Å². The highest BCUT2D eigenvalue weighted by atomic mass is 35.5. The summed E-state index contributed by atoms with van der Waals surface area (Å²) >= 11 is 13.9. The fourth-order valence-electron chi connectivity index (χ4n) is 3.78. The number of aromatic amines is 1. The molecule has 0 aliphatic heterocycles. The lowest BCUT2D eigenvalue weighted by Gasteiger charge is -2.13. The molecule has 33 heavy (non-hydrogen) atoms. The number of hydrogen-bond donors (Lipinski definition) is 3. The molecule has 2 aromatic heterocycles. The number of halogens is 2. The Hall–Kier alpha value is -2.54. The fraction of sp³-hybridized carbons (Fsp3) is 0.280. The maximum absolute atomic E-state index is 12.0. The van der Waals surface area contributed by atoms with Gasteiger partial charge in [0.25, 0.3) is 0 Å². The lowest BCUT2D eigenvalue weighted by molar-refractivity contribution is -0.141. The summed E-state index contributed by atoms with van der Waals surface area (Å²) in [5.41, 5.74) is 3.80. The molecule has 1 atom stereocenters. The predicted octanol–water partition coefficient (Wildman–Crippen LogP) is 7.15. The van der Waals surface area contributed by atoms with Gasteiger partial charge in [0.15, 0.2) is 5.13 Å². The molecule has 0 aliphatic rings. The number of carboxylic acid groups (broad SMARTS) is 1. The van der Waals surface area contributed by atoms with Gasteiger partial charge in [0, 0.05) is 28.7 Å². The number of anilines is 1. The second-order valence-corrected chi connectivity index (χ2v) is 10.4. The Balaban J connectivity index is 1.53. The molecule has 8 heteroatoms. The Morgan fingerprint density at radius 3 is 2.67 bits per heavy atom. The van der Waals surface area contributed by atoms with Crippen LogP contribution in [0.5, 0.6) is 0 Å². The quantitative estimate of drug-likeness (QED) is 0.227. The summed E-state index contributed by atoms with van der Waals surface area (Å²) in [5.74, 6) is -0.956. The maximum Gasteiger partial charge on any atom is 0.308 e. The number of rotatable bonds is 9. The number of thiazole rings is 1. The second kappa shape index (κ2) is 10.2. The SMILES string of the molecule is CC(C)Cc1sc(NCC(Cc2ccc3[nH]ccc3c2)C(=O)O)nc1-c1ccc(Cl)c(Cl)c1. The summed E-state index contributed by atoms with van der Waals surface area (Å²) in [5, 5.41) is 15.8. The van der Waals surface area contributed by atoms with Gasteiger partial charge in [-0.15, -0.1) is 11.3 Å². The third kappa shape index (κ3) is 5.69. The average Bonchev–Trinajstić information content (AvgIpc) is 3.39. The first kappa shape index (κ1) is 23.6. The molecule has 2 aromatic carbocycles. The second-order valence-electron chi connectivity index (χ2n) is 8.54. The van der Waals surface area contributed by atoms with Crippen LogP contribution < -0.4 is 5.32 Å². The molecule has 0 amide bonds. The standard InChI is InChI=1S/C25H25Cl2N3O2S/c1-14(2)9-22-23(17-4-5-19(26)20(27)12-17)30-25(33-22)29-13-18(24(31)32)11-15-3-6-21-16(10-15)7-8-28-21/h3-8,10,12,14,18,28H,9,11,13H2,1-2H3,(H,29,30)(H,31,32). The Morgan fingerprint density at radius 1 is 1.12 bits per heavy atom. The van der Waals surface area contributed by atoms with Gasteiger partial charge in [0.05, 0.1) is 21.7 Å². The van der Waals surface area contributed by atoms with Crippen LogP contribution >= 0.6 is 34.5 Å². The Bertz CT molecular complexity index is 1280. The van der Waals surface area contributed by atoms with E-state index in [0.717, 1.165) is 39.0 Å². The number of fused-ring (bicyclic) bond motifs is 1. The van der Waals surface area contributed by atoms with E-state index in [9.17, 15) is 9.90 Å². The number of carbonyl (C=O) groups is 1. The number of nitrogens with zero attached hydrogens (tertiary/aromatic N) is 1. The Kier molecular flexibility index (Phi) is 7.27. The first-order valence-electron chi connectivity index (χ1n) is 10.8. The Labute approximate surface area is 206 Å². The molecule has 4 rings (SSSR count). The van der Waals surface area contributed by atoms with Crippen LogP contribution in [-0.2, 0) is 17.6 Å². The monoisotopic (exact) mass is 501 g/mol. The highest BCUT2D eigenvalue weighted by molar-refractivity contribution is 7.16. The zero-order valence-corrected chi connectivity index (χ0v) is 20.7. The van der Waals surface area contributed by atoms with Gasteiger partial charge in [-0.3, -0.25) is 4.79 Å². The van der Waals surface area contributed by atoms with E-state index in [1.165, 1.54) is 0 Å². The predicted molar refractivity (Wildman–Crippen MR) is 138 cm³/mol. The smallest absolute Gasteiger partial charge is 0.308 e. The molecule has 4 aromatic rings. The first-order valence-corrected chi connectivity index (χ1v) is 12.3. The van der Waals surface area contributed by atoms with Crippen LogP contribution in [-0.4, -0.2) is 27.6 Å². The number of benzene rings is 2. The van der Waals surface area contributed by atoms with Crippen LogP contribution in [0.25, 0.3) is 22.2 Å². The number of nitrogens with one attached hydrogen (secondary N) is 2. The number of aliphatic carboxylic acids is 1. The third-order valence-electron chi connectivity index (χ3n) is 5.43. The van der Waals surface area contributed by atoms with Gasteiger partial charge in [-0.05, 0) is 60.0 Å². The van der Waals surface area contributed by atoms with Crippen LogP contribution in [0.1, 0.15) is 24.3 Å². The third-order valence-corrected chi connectivity index (χ3v) is 7.21. The molecule has 0 spiro atoms. The van der Waals surface area contributed by atoms with Crippen molar-refractivity contribution in [2.45, 2.75) is 26.7 Å². The molecule has 172 valence electrons. The highest BCUT2D eigenvalue weighted by Crippen LogP contribution is 2.36. The minimum atomic E-state index is -0.833. The lowest BCUT2D eigenvalue weighted by Crippen LogP contribution is -2.25. The van der Waals surface area contributed by atoms with E-state index in [4.69, 9.17) is 28.2 Å². The van der Waals surface area contributed by atoms with Crippen molar-refractivity contribution in [3.05, 3.63) is 69.1 Å². The zero-order valence-electron chi connectivity index (χ0n) is 18.4. The number of aromatic nitrogens is 2. The van der Waals surface area contributed by atoms with E-state index >= 15 is 0 Å². The number of H-pyrrole nitrogens is 1. The molecule has 0 bridgehead atoms. The normalized spacial score (nSPS) is 12.4. The van der Waals surface area contributed by atoms with Crippen molar-refractivity contribution in [2.24, 2.45) is 11.8 Å². The molecule has 1 unspecified atom stereocenters. The molecule has 2 heterocycles. The van der Waals surface area contributed by atoms with Gasteiger partial charge < -0.3 is 15.4 Å². The van der Waals surface area contributed by atoms with Gasteiger partial charge in [0.1, 0.15) is 0 Å². The van der Waals surface area contributed by atoms with Crippen molar-refractivity contribution < 1.29 is 9.90 Å². The minimum Gasteiger partial charge on any atom is -0.481 e. The summed E-state index contributed by atoms with van der Waals surface area (Å²) in [6.45, 7) is 4.61.